The summed E-state index contributed by atoms with van der Waals surface area (Å²) in [4.78, 5) is 0. The van der Waals surface area contributed by atoms with Crippen molar-refractivity contribution in [2.75, 3.05) is 6.61 Å². The highest BCUT2D eigenvalue weighted by molar-refractivity contribution is 5.41. The lowest BCUT2D eigenvalue weighted by Crippen LogP contribution is -2.31. The maximum absolute atomic E-state index is 9.36. The van der Waals surface area contributed by atoms with Crippen molar-refractivity contribution < 1.29 is 14.6 Å². The molecule has 1 aromatic rings. The van der Waals surface area contributed by atoms with E-state index in [1.165, 1.54) is 5.56 Å². The topological polar surface area (TPSA) is 38.7 Å². The molecule has 0 spiro atoms. The number of ether oxygens (including phenoxy) is 2. The van der Waals surface area contributed by atoms with E-state index in [4.69, 9.17) is 9.47 Å². The van der Waals surface area contributed by atoms with Crippen molar-refractivity contribution in [3.63, 3.8) is 0 Å². The van der Waals surface area contributed by atoms with E-state index in [1.54, 1.807) is 12.1 Å². The number of hydrogen-bond donors (Lipinski definition) is 1. The molecule has 2 aliphatic heterocycles. The molecule has 0 aliphatic carbocycles. The fourth-order valence-electron chi connectivity index (χ4n) is 2.38. The Kier molecular flexibility index (Phi) is 1.89. The Hall–Kier alpha value is -1.22. The molecule has 3 heteroatoms. The largest absolute Gasteiger partial charge is 0.508 e. The summed E-state index contributed by atoms with van der Waals surface area (Å²) in [6, 6.07) is 5.31. The third-order valence-electron chi connectivity index (χ3n) is 3.35. The van der Waals surface area contributed by atoms with E-state index >= 15 is 0 Å². The summed E-state index contributed by atoms with van der Waals surface area (Å²) in [6.07, 6.45) is 0.871. The first kappa shape index (κ1) is 9.04. The van der Waals surface area contributed by atoms with Gasteiger partial charge in [-0.3, -0.25) is 0 Å². The molecular formula is C12H14O3. The first-order valence-corrected chi connectivity index (χ1v) is 5.34. The second kappa shape index (κ2) is 3.14. The van der Waals surface area contributed by atoms with Crippen LogP contribution in [-0.2, 0) is 11.2 Å². The van der Waals surface area contributed by atoms with Crippen LogP contribution in [0.2, 0.25) is 0 Å². The first-order valence-electron chi connectivity index (χ1n) is 5.34. The molecule has 1 saturated heterocycles. The van der Waals surface area contributed by atoms with Crippen LogP contribution in [0.15, 0.2) is 18.2 Å². The maximum Gasteiger partial charge on any atom is 0.203 e. The zero-order chi connectivity index (χ0) is 10.4. The second-order valence-corrected chi connectivity index (χ2v) is 4.46. The van der Waals surface area contributed by atoms with Crippen LogP contribution in [0.4, 0.5) is 0 Å². The predicted octanol–water partition coefficient (Wildman–Crippen LogP) is 1.94. The molecule has 1 N–H and O–H groups in total. The van der Waals surface area contributed by atoms with Gasteiger partial charge in [0, 0.05) is 12.0 Å². The third-order valence-corrected chi connectivity index (χ3v) is 3.35. The highest BCUT2D eigenvalue weighted by atomic mass is 16.7. The van der Waals surface area contributed by atoms with E-state index in [2.05, 4.69) is 6.92 Å². The van der Waals surface area contributed by atoms with E-state index < -0.39 is 0 Å². The van der Waals surface area contributed by atoms with Crippen LogP contribution in [0.5, 0.6) is 11.5 Å². The Morgan fingerprint density at radius 1 is 1.40 bits per heavy atom. The van der Waals surface area contributed by atoms with Crippen molar-refractivity contribution in [1.82, 2.24) is 0 Å². The van der Waals surface area contributed by atoms with Crippen molar-refractivity contribution >= 4 is 0 Å². The van der Waals surface area contributed by atoms with Crippen LogP contribution in [0.1, 0.15) is 12.5 Å². The number of benzene rings is 1. The van der Waals surface area contributed by atoms with Gasteiger partial charge in [0.15, 0.2) is 0 Å². The summed E-state index contributed by atoms with van der Waals surface area (Å²) in [7, 11) is 0. The summed E-state index contributed by atoms with van der Waals surface area (Å²) in [5.41, 5.74) is 1.17. The Morgan fingerprint density at radius 2 is 2.27 bits per heavy atom. The fraction of sp³-hybridized carbons (Fsp3) is 0.500. The molecule has 3 unspecified atom stereocenters. The molecule has 3 rings (SSSR count). The van der Waals surface area contributed by atoms with Crippen molar-refractivity contribution in [2.45, 2.75) is 19.6 Å². The van der Waals surface area contributed by atoms with Crippen LogP contribution < -0.4 is 4.74 Å². The minimum absolute atomic E-state index is 0.116. The molecule has 0 bridgehead atoms. The number of fused-ring (bicyclic) bond motifs is 2. The van der Waals surface area contributed by atoms with E-state index in [-0.39, 0.29) is 12.0 Å². The van der Waals surface area contributed by atoms with Crippen LogP contribution >= 0.6 is 0 Å². The summed E-state index contributed by atoms with van der Waals surface area (Å²) in [5, 5.41) is 9.36. The molecule has 0 aromatic heterocycles. The van der Waals surface area contributed by atoms with E-state index in [9.17, 15) is 5.11 Å². The molecule has 3 nitrogen and oxygen atoms in total. The zero-order valence-electron chi connectivity index (χ0n) is 8.64. The quantitative estimate of drug-likeness (QED) is 0.705. The van der Waals surface area contributed by atoms with Gasteiger partial charge in [-0.05, 0) is 24.0 Å². The number of aromatic hydroxyl groups is 1. The van der Waals surface area contributed by atoms with E-state index in [1.807, 2.05) is 6.07 Å². The van der Waals surface area contributed by atoms with Gasteiger partial charge in [-0.1, -0.05) is 13.0 Å². The number of rotatable bonds is 0. The molecule has 1 aromatic carbocycles. The van der Waals surface area contributed by atoms with Crippen molar-refractivity contribution in [3.8, 4) is 11.5 Å². The average Bonchev–Trinajstić information content (AvgIpc) is 2.57. The van der Waals surface area contributed by atoms with Crippen LogP contribution in [0.3, 0.4) is 0 Å². The monoisotopic (exact) mass is 206 g/mol. The normalized spacial score (nSPS) is 33.0. The lowest BCUT2D eigenvalue weighted by Gasteiger charge is -2.28. The van der Waals surface area contributed by atoms with Crippen molar-refractivity contribution in [1.29, 1.82) is 0 Å². The van der Waals surface area contributed by atoms with Crippen LogP contribution in [0.25, 0.3) is 0 Å². The van der Waals surface area contributed by atoms with Crippen LogP contribution in [0, 0.1) is 11.8 Å². The molecule has 80 valence electrons. The Bertz CT molecular complexity index is 388. The lowest BCUT2D eigenvalue weighted by molar-refractivity contribution is -0.0701. The minimum atomic E-state index is -0.116. The van der Waals surface area contributed by atoms with Crippen molar-refractivity contribution in [3.05, 3.63) is 23.8 Å². The molecule has 15 heavy (non-hydrogen) atoms. The summed E-state index contributed by atoms with van der Waals surface area (Å²) >= 11 is 0. The smallest absolute Gasteiger partial charge is 0.203 e. The van der Waals surface area contributed by atoms with Gasteiger partial charge in [0.2, 0.25) is 6.29 Å². The van der Waals surface area contributed by atoms with Gasteiger partial charge in [-0.25, -0.2) is 0 Å². The molecule has 2 heterocycles. The van der Waals surface area contributed by atoms with Gasteiger partial charge in [-0.15, -0.1) is 0 Å². The Balaban J connectivity index is 1.96. The SMILES string of the molecule is CC1COC2Oc3cc(O)ccc3CC12. The van der Waals surface area contributed by atoms with E-state index in [0.717, 1.165) is 18.8 Å². The maximum atomic E-state index is 9.36. The molecule has 1 fully saturated rings. The van der Waals surface area contributed by atoms with Gasteiger partial charge in [0.25, 0.3) is 0 Å². The highest BCUT2D eigenvalue weighted by Gasteiger charge is 2.39. The van der Waals surface area contributed by atoms with Gasteiger partial charge in [0.05, 0.1) is 6.61 Å². The summed E-state index contributed by atoms with van der Waals surface area (Å²) in [5.74, 6) is 2.03. The highest BCUT2D eigenvalue weighted by Crippen LogP contribution is 2.39. The molecule has 2 aliphatic rings. The molecule has 0 amide bonds. The van der Waals surface area contributed by atoms with Gasteiger partial charge >= 0.3 is 0 Å². The van der Waals surface area contributed by atoms with Crippen LogP contribution in [-0.4, -0.2) is 18.0 Å². The van der Waals surface area contributed by atoms with Gasteiger partial charge in [-0.2, -0.15) is 0 Å². The first-order chi connectivity index (χ1) is 7.24. The number of hydrogen-bond acceptors (Lipinski definition) is 3. The number of phenols is 1. The third kappa shape index (κ3) is 1.38. The standard InChI is InChI=1S/C12H14O3/c1-7-6-14-12-10(7)4-8-2-3-9(13)5-11(8)15-12/h2-3,5,7,10,12-13H,4,6H2,1H3. The van der Waals surface area contributed by atoms with Gasteiger partial charge < -0.3 is 14.6 Å². The fourth-order valence-corrected chi connectivity index (χ4v) is 2.38. The molecule has 3 atom stereocenters. The Morgan fingerprint density at radius 3 is 3.13 bits per heavy atom. The van der Waals surface area contributed by atoms with E-state index in [0.29, 0.717) is 11.8 Å². The Labute approximate surface area is 88.6 Å². The van der Waals surface area contributed by atoms with Gasteiger partial charge in [0.1, 0.15) is 11.5 Å². The second-order valence-electron chi connectivity index (χ2n) is 4.46. The molecule has 0 saturated carbocycles. The zero-order valence-corrected chi connectivity index (χ0v) is 8.64. The van der Waals surface area contributed by atoms with Crippen molar-refractivity contribution in [2.24, 2.45) is 11.8 Å². The minimum Gasteiger partial charge on any atom is -0.508 e. The number of phenolic OH excluding ortho intramolecular Hbond substituents is 1. The molecular weight excluding hydrogens is 192 g/mol. The average molecular weight is 206 g/mol. The predicted molar refractivity (Wildman–Crippen MR) is 54.8 cm³/mol. The molecule has 0 radical (unpaired) electrons. The lowest BCUT2D eigenvalue weighted by atomic mass is 9.88. The summed E-state index contributed by atoms with van der Waals surface area (Å²) in [6.45, 7) is 2.97. The summed E-state index contributed by atoms with van der Waals surface area (Å²) < 4.78 is 11.3.